The summed E-state index contributed by atoms with van der Waals surface area (Å²) in [5.74, 6) is 2.11. The van der Waals surface area contributed by atoms with Crippen LogP contribution in [-0.4, -0.2) is 23.6 Å². The zero-order valence-electron chi connectivity index (χ0n) is 12.4. The Morgan fingerprint density at radius 3 is 2.76 bits per heavy atom. The lowest BCUT2D eigenvalue weighted by Crippen LogP contribution is -2.23. The maximum Gasteiger partial charge on any atom is 0.252 e. The Morgan fingerprint density at radius 2 is 2.05 bits per heavy atom. The molecule has 0 bridgehead atoms. The number of hydrogen-bond acceptors (Lipinski definition) is 3. The summed E-state index contributed by atoms with van der Waals surface area (Å²) >= 11 is 0. The van der Waals surface area contributed by atoms with Crippen molar-refractivity contribution in [1.82, 2.24) is 9.97 Å². The molecule has 0 aliphatic heterocycles. The molecule has 1 saturated carbocycles. The Hall–Kier alpha value is -2.10. The van der Waals surface area contributed by atoms with Gasteiger partial charge in [-0.05, 0) is 31.2 Å². The number of aromatic nitrogens is 2. The van der Waals surface area contributed by atoms with Gasteiger partial charge in [-0.3, -0.25) is 4.79 Å². The second-order valence-electron chi connectivity index (χ2n) is 5.77. The zero-order valence-corrected chi connectivity index (χ0v) is 12.4. The second-order valence-corrected chi connectivity index (χ2v) is 5.77. The van der Waals surface area contributed by atoms with Crippen molar-refractivity contribution in [1.29, 1.82) is 0 Å². The van der Waals surface area contributed by atoms with Crippen molar-refractivity contribution >= 4 is 5.82 Å². The smallest absolute Gasteiger partial charge is 0.252 e. The fraction of sp³-hybridized carbons (Fsp3) is 0.412. The molecule has 1 aliphatic carbocycles. The molecule has 0 saturated heterocycles. The third-order valence-electron chi connectivity index (χ3n) is 3.90. The van der Waals surface area contributed by atoms with Crippen LogP contribution >= 0.6 is 0 Å². The van der Waals surface area contributed by atoms with Crippen molar-refractivity contribution in [2.24, 2.45) is 0 Å². The average Bonchev–Trinajstić information content (AvgIpc) is 3.32. The van der Waals surface area contributed by atoms with Gasteiger partial charge < -0.3 is 9.88 Å². The average molecular weight is 283 g/mol. The van der Waals surface area contributed by atoms with Gasteiger partial charge in [-0.15, -0.1) is 0 Å². The number of benzene rings is 1. The highest BCUT2D eigenvalue weighted by atomic mass is 16.1. The molecule has 1 aromatic carbocycles. The number of H-pyrrole nitrogens is 1. The molecule has 0 unspecified atom stereocenters. The van der Waals surface area contributed by atoms with Gasteiger partial charge in [-0.1, -0.05) is 30.3 Å². The standard InChI is InChI=1S/C17H21N3O/c1-20(11-5-8-13-6-3-2-4-7-13)15-12-16(21)19-17(18-15)14-9-10-14/h2-4,6-7,12,14H,5,8-11H2,1H3,(H,18,19,21). The maximum absolute atomic E-state index is 11.7. The van der Waals surface area contributed by atoms with Crippen LogP contribution in [0.4, 0.5) is 5.82 Å². The minimum Gasteiger partial charge on any atom is -0.359 e. The monoisotopic (exact) mass is 283 g/mol. The molecule has 1 heterocycles. The quantitative estimate of drug-likeness (QED) is 0.886. The van der Waals surface area contributed by atoms with Gasteiger partial charge in [0.25, 0.3) is 5.56 Å². The van der Waals surface area contributed by atoms with Crippen LogP contribution in [0.1, 0.15) is 36.6 Å². The number of aryl methyl sites for hydroxylation is 1. The van der Waals surface area contributed by atoms with E-state index in [0.717, 1.165) is 43.9 Å². The number of rotatable bonds is 6. The number of nitrogens with zero attached hydrogens (tertiary/aromatic N) is 2. The van der Waals surface area contributed by atoms with Crippen LogP contribution in [0, 0.1) is 0 Å². The van der Waals surface area contributed by atoms with Gasteiger partial charge in [0.2, 0.25) is 0 Å². The predicted octanol–water partition coefficient (Wildman–Crippen LogP) is 2.72. The van der Waals surface area contributed by atoms with Gasteiger partial charge >= 0.3 is 0 Å². The molecule has 110 valence electrons. The Labute approximate surface area is 124 Å². The van der Waals surface area contributed by atoms with E-state index < -0.39 is 0 Å². The first-order chi connectivity index (χ1) is 10.2. The van der Waals surface area contributed by atoms with Crippen molar-refractivity contribution in [3.63, 3.8) is 0 Å². The number of nitrogens with one attached hydrogen (secondary N) is 1. The van der Waals surface area contributed by atoms with E-state index in [0.29, 0.717) is 5.92 Å². The molecular formula is C17H21N3O. The van der Waals surface area contributed by atoms with Crippen molar-refractivity contribution in [3.8, 4) is 0 Å². The minimum absolute atomic E-state index is 0.0446. The summed E-state index contributed by atoms with van der Waals surface area (Å²) in [6, 6.07) is 12.1. The zero-order chi connectivity index (χ0) is 14.7. The van der Waals surface area contributed by atoms with Crippen molar-refractivity contribution in [2.45, 2.75) is 31.6 Å². The van der Waals surface area contributed by atoms with E-state index in [1.165, 1.54) is 5.56 Å². The van der Waals surface area contributed by atoms with Gasteiger partial charge in [0.1, 0.15) is 11.6 Å². The molecule has 1 fully saturated rings. The molecule has 0 radical (unpaired) electrons. The van der Waals surface area contributed by atoms with Gasteiger partial charge in [0.05, 0.1) is 0 Å². The van der Waals surface area contributed by atoms with Gasteiger partial charge in [-0.2, -0.15) is 0 Å². The Balaban J connectivity index is 1.60. The van der Waals surface area contributed by atoms with Gasteiger partial charge in [0, 0.05) is 25.6 Å². The highest BCUT2D eigenvalue weighted by Crippen LogP contribution is 2.37. The first-order valence-electron chi connectivity index (χ1n) is 7.59. The highest BCUT2D eigenvalue weighted by Gasteiger charge is 2.26. The van der Waals surface area contributed by atoms with Crippen LogP contribution in [0.2, 0.25) is 0 Å². The third kappa shape index (κ3) is 3.72. The van der Waals surface area contributed by atoms with E-state index in [1.807, 2.05) is 13.1 Å². The molecule has 21 heavy (non-hydrogen) atoms. The fourth-order valence-corrected chi connectivity index (χ4v) is 2.49. The third-order valence-corrected chi connectivity index (χ3v) is 3.90. The van der Waals surface area contributed by atoms with Crippen molar-refractivity contribution in [3.05, 3.63) is 58.1 Å². The van der Waals surface area contributed by atoms with Crippen molar-refractivity contribution in [2.75, 3.05) is 18.5 Å². The molecule has 0 amide bonds. The molecule has 4 nitrogen and oxygen atoms in total. The summed E-state index contributed by atoms with van der Waals surface area (Å²) in [6.07, 6.45) is 4.38. The Bertz CT molecular complexity index is 647. The highest BCUT2D eigenvalue weighted by molar-refractivity contribution is 5.37. The summed E-state index contributed by atoms with van der Waals surface area (Å²) in [6.45, 7) is 0.898. The maximum atomic E-state index is 11.7. The predicted molar refractivity (Wildman–Crippen MR) is 84.9 cm³/mol. The van der Waals surface area contributed by atoms with Crippen LogP contribution in [0.5, 0.6) is 0 Å². The molecule has 0 spiro atoms. The first-order valence-corrected chi connectivity index (χ1v) is 7.59. The van der Waals surface area contributed by atoms with Crippen LogP contribution in [0.3, 0.4) is 0 Å². The summed E-state index contributed by atoms with van der Waals surface area (Å²) in [5, 5.41) is 0. The Kier molecular flexibility index (Phi) is 4.04. The van der Waals surface area contributed by atoms with Crippen LogP contribution < -0.4 is 10.5 Å². The van der Waals surface area contributed by atoms with E-state index in [-0.39, 0.29) is 5.56 Å². The molecule has 1 N–H and O–H groups in total. The summed E-state index contributed by atoms with van der Waals surface area (Å²) in [5.41, 5.74) is 1.31. The number of aromatic amines is 1. The largest absolute Gasteiger partial charge is 0.359 e. The second kappa shape index (κ2) is 6.12. The van der Waals surface area contributed by atoms with Gasteiger partial charge in [-0.25, -0.2) is 4.98 Å². The minimum atomic E-state index is -0.0446. The van der Waals surface area contributed by atoms with Crippen molar-refractivity contribution < 1.29 is 0 Å². The first kappa shape index (κ1) is 13.9. The lowest BCUT2D eigenvalue weighted by atomic mass is 10.1. The SMILES string of the molecule is CN(CCCc1ccccc1)c1cc(=O)[nH]c(C2CC2)n1. The molecule has 0 atom stereocenters. The van der Waals surface area contributed by atoms with E-state index in [4.69, 9.17) is 0 Å². The van der Waals surface area contributed by atoms with E-state index in [2.05, 4.69) is 39.1 Å². The summed E-state index contributed by atoms with van der Waals surface area (Å²) in [7, 11) is 2.00. The lowest BCUT2D eigenvalue weighted by Gasteiger charge is -2.18. The summed E-state index contributed by atoms with van der Waals surface area (Å²) in [4.78, 5) is 21.2. The normalized spacial score (nSPS) is 14.1. The van der Waals surface area contributed by atoms with E-state index >= 15 is 0 Å². The van der Waals surface area contributed by atoms with Crippen LogP contribution in [0.25, 0.3) is 0 Å². The number of anilines is 1. The Morgan fingerprint density at radius 1 is 1.29 bits per heavy atom. The molecule has 4 heteroatoms. The topological polar surface area (TPSA) is 49.0 Å². The molecule has 3 rings (SSSR count). The van der Waals surface area contributed by atoms with E-state index in [9.17, 15) is 4.79 Å². The van der Waals surface area contributed by atoms with Crippen LogP contribution in [0.15, 0.2) is 41.2 Å². The molecular weight excluding hydrogens is 262 g/mol. The molecule has 1 aromatic heterocycles. The molecule has 1 aliphatic rings. The van der Waals surface area contributed by atoms with Crippen LogP contribution in [-0.2, 0) is 6.42 Å². The lowest BCUT2D eigenvalue weighted by molar-refractivity contribution is 0.767. The van der Waals surface area contributed by atoms with Gasteiger partial charge in [0.15, 0.2) is 0 Å². The van der Waals surface area contributed by atoms with E-state index in [1.54, 1.807) is 6.07 Å². The fourth-order valence-electron chi connectivity index (χ4n) is 2.49. The number of hydrogen-bond donors (Lipinski definition) is 1. The summed E-state index contributed by atoms with van der Waals surface area (Å²) < 4.78 is 0. The molecule has 2 aromatic rings.